The van der Waals surface area contributed by atoms with Crippen LogP contribution in [0.25, 0.3) is 0 Å². The van der Waals surface area contributed by atoms with E-state index in [1.807, 2.05) is 13.8 Å². The number of nitrogens with two attached hydrogens (primary N) is 1. The van der Waals surface area contributed by atoms with Crippen LogP contribution >= 0.6 is 11.8 Å². The van der Waals surface area contributed by atoms with Gasteiger partial charge in [-0.1, -0.05) is 32.3 Å². The van der Waals surface area contributed by atoms with Gasteiger partial charge in [0, 0.05) is 16.7 Å². The van der Waals surface area contributed by atoms with Gasteiger partial charge >= 0.3 is 0 Å². The van der Waals surface area contributed by atoms with Crippen molar-refractivity contribution in [2.24, 2.45) is 16.3 Å². The normalized spacial score (nSPS) is 24.9. The monoisotopic (exact) mass is 287 g/mol. The molecule has 0 aromatic rings. The largest absolute Gasteiger partial charge is 0.409 e. The molecule has 112 valence electrons. The molecule has 4 N–H and O–H groups in total. The van der Waals surface area contributed by atoms with Crippen molar-refractivity contribution in [3.05, 3.63) is 0 Å². The maximum atomic E-state index is 8.74. The Balaban J connectivity index is 2.23. The van der Waals surface area contributed by atoms with Crippen LogP contribution in [-0.2, 0) is 0 Å². The predicted molar refractivity (Wildman–Crippen MR) is 84.0 cm³/mol. The molecule has 1 aliphatic carbocycles. The second-order valence-corrected chi connectivity index (χ2v) is 7.47. The Bertz CT molecular complexity index is 294. The van der Waals surface area contributed by atoms with Crippen LogP contribution in [0.3, 0.4) is 0 Å². The van der Waals surface area contributed by atoms with Crippen LogP contribution in [-0.4, -0.2) is 34.6 Å². The first-order chi connectivity index (χ1) is 9.01. The maximum absolute atomic E-state index is 8.74. The van der Waals surface area contributed by atoms with Crippen molar-refractivity contribution in [3.8, 4) is 0 Å². The lowest BCUT2D eigenvalue weighted by Crippen LogP contribution is -2.36. The predicted octanol–water partition coefficient (Wildman–Crippen LogP) is 2.80. The second kappa shape index (κ2) is 8.00. The lowest BCUT2D eigenvalue weighted by Gasteiger charge is -2.24. The topological polar surface area (TPSA) is 70.6 Å². The molecular formula is C14H29N3OS. The van der Waals surface area contributed by atoms with Crippen LogP contribution in [0.4, 0.5) is 0 Å². The van der Waals surface area contributed by atoms with Gasteiger partial charge in [0.15, 0.2) is 0 Å². The number of oxime groups is 1. The van der Waals surface area contributed by atoms with E-state index >= 15 is 0 Å². The Hall–Kier alpha value is -0.420. The number of nitrogens with zero attached hydrogens (tertiary/aromatic N) is 1. The molecule has 0 radical (unpaired) electrons. The summed E-state index contributed by atoms with van der Waals surface area (Å²) in [5, 5.41) is 16.3. The van der Waals surface area contributed by atoms with Crippen LogP contribution in [0, 0.1) is 5.41 Å². The van der Waals surface area contributed by atoms with Crippen LogP contribution in [0.15, 0.2) is 5.16 Å². The van der Waals surface area contributed by atoms with E-state index in [1.165, 1.54) is 25.0 Å². The SMILES string of the molecule is CCSC1CCCC1NCCCC(C)(C)C(N)=NO. The summed E-state index contributed by atoms with van der Waals surface area (Å²) in [5.41, 5.74) is 5.47. The van der Waals surface area contributed by atoms with Crippen molar-refractivity contribution in [1.82, 2.24) is 5.32 Å². The fourth-order valence-corrected chi connectivity index (χ4v) is 3.88. The molecular weight excluding hydrogens is 258 g/mol. The molecule has 1 saturated carbocycles. The summed E-state index contributed by atoms with van der Waals surface area (Å²) >= 11 is 2.08. The van der Waals surface area contributed by atoms with E-state index in [0.29, 0.717) is 11.9 Å². The second-order valence-electron chi connectivity index (χ2n) is 5.96. The standard InChI is InChI=1S/C14H29N3OS/c1-4-19-12-8-5-7-11(12)16-10-6-9-14(2,3)13(15)17-18/h11-12,16,18H,4-10H2,1-3H3,(H2,15,17). The summed E-state index contributed by atoms with van der Waals surface area (Å²) in [6.07, 6.45) is 6.01. The van der Waals surface area contributed by atoms with E-state index in [4.69, 9.17) is 10.9 Å². The van der Waals surface area contributed by atoms with Crippen molar-refractivity contribution >= 4 is 17.6 Å². The van der Waals surface area contributed by atoms with E-state index in [9.17, 15) is 0 Å². The zero-order valence-corrected chi connectivity index (χ0v) is 13.3. The Kier molecular flexibility index (Phi) is 7.00. The number of hydrogen-bond donors (Lipinski definition) is 3. The fraction of sp³-hybridized carbons (Fsp3) is 0.929. The molecule has 2 unspecified atom stereocenters. The van der Waals surface area contributed by atoms with Crippen LogP contribution < -0.4 is 11.1 Å². The molecule has 0 heterocycles. The first-order valence-corrected chi connectivity index (χ1v) is 8.39. The quantitative estimate of drug-likeness (QED) is 0.211. The molecule has 4 nitrogen and oxygen atoms in total. The van der Waals surface area contributed by atoms with E-state index in [-0.39, 0.29) is 5.41 Å². The van der Waals surface area contributed by atoms with Crippen molar-refractivity contribution in [3.63, 3.8) is 0 Å². The molecule has 19 heavy (non-hydrogen) atoms. The number of amidine groups is 1. The molecule has 0 amide bonds. The first-order valence-electron chi connectivity index (χ1n) is 7.34. The number of nitrogens with one attached hydrogen (secondary N) is 1. The summed E-state index contributed by atoms with van der Waals surface area (Å²) in [6.45, 7) is 7.30. The lowest BCUT2D eigenvalue weighted by molar-refractivity contribution is 0.304. The van der Waals surface area contributed by atoms with E-state index < -0.39 is 0 Å². The molecule has 0 saturated heterocycles. The van der Waals surface area contributed by atoms with Crippen molar-refractivity contribution in [2.45, 2.75) is 64.2 Å². The summed E-state index contributed by atoms with van der Waals surface area (Å²) in [4.78, 5) is 0. The van der Waals surface area contributed by atoms with Gasteiger partial charge in [0.2, 0.25) is 0 Å². The van der Waals surface area contributed by atoms with Crippen molar-refractivity contribution < 1.29 is 5.21 Å². The van der Waals surface area contributed by atoms with Gasteiger partial charge < -0.3 is 16.3 Å². The summed E-state index contributed by atoms with van der Waals surface area (Å²) in [7, 11) is 0. The Morgan fingerprint density at radius 2 is 2.21 bits per heavy atom. The Morgan fingerprint density at radius 1 is 1.47 bits per heavy atom. The minimum atomic E-state index is -0.219. The van der Waals surface area contributed by atoms with Crippen LogP contribution in [0.1, 0.15) is 52.9 Å². The third kappa shape index (κ3) is 5.22. The van der Waals surface area contributed by atoms with Gasteiger partial charge in [-0.05, 0) is 38.0 Å². The highest BCUT2D eigenvalue weighted by Crippen LogP contribution is 2.30. The molecule has 0 bridgehead atoms. The molecule has 2 atom stereocenters. The highest BCUT2D eigenvalue weighted by atomic mass is 32.2. The maximum Gasteiger partial charge on any atom is 0.144 e. The van der Waals surface area contributed by atoms with E-state index in [1.54, 1.807) is 0 Å². The number of thioether (sulfide) groups is 1. The summed E-state index contributed by atoms with van der Waals surface area (Å²) in [5.74, 6) is 1.53. The first kappa shape index (κ1) is 16.6. The third-order valence-corrected chi connectivity index (χ3v) is 5.35. The van der Waals surface area contributed by atoms with E-state index in [0.717, 1.165) is 24.6 Å². The molecule has 0 aliphatic heterocycles. The zero-order chi connectivity index (χ0) is 14.3. The highest BCUT2D eigenvalue weighted by molar-refractivity contribution is 7.99. The van der Waals surface area contributed by atoms with Gasteiger partial charge in [0.25, 0.3) is 0 Å². The molecule has 1 fully saturated rings. The van der Waals surface area contributed by atoms with Gasteiger partial charge in [0.05, 0.1) is 0 Å². The summed E-state index contributed by atoms with van der Waals surface area (Å²) in [6, 6.07) is 0.678. The van der Waals surface area contributed by atoms with Crippen molar-refractivity contribution in [1.29, 1.82) is 0 Å². The average molecular weight is 287 g/mol. The molecule has 0 aromatic heterocycles. The minimum absolute atomic E-state index is 0.219. The molecule has 1 aliphatic rings. The fourth-order valence-electron chi connectivity index (χ4n) is 2.65. The molecule has 0 spiro atoms. The molecule has 5 heteroatoms. The summed E-state index contributed by atoms with van der Waals surface area (Å²) < 4.78 is 0. The molecule has 0 aromatic carbocycles. The highest BCUT2D eigenvalue weighted by Gasteiger charge is 2.27. The van der Waals surface area contributed by atoms with Crippen LogP contribution in [0.5, 0.6) is 0 Å². The minimum Gasteiger partial charge on any atom is -0.409 e. The van der Waals surface area contributed by atoms with Gasteiger partial charge in [-0.2, -0.15) is 11.8 Å². The Morgan fingerprint density at radius 3 is 2.84 bits per heavy atom. The zero-order valence-electron chi connectivity index (χ0n) is 12.5. The van der Waals surface area contributed by atoms with Gasteiger partial charge in [-0.15, -0.1) is 0 Å². The molecule has 1 rings (SSSR count). The number of hydrogen-bond acceptors (Lipinski definition) is 4. The van der Waals surface area contributed by atoms with Gasteiger partial charge in [0.1, 0.15) is 5.84 Å². The lowest BCUT2D eigenvalue weighted by atomic mass is 9.86. The average Bonchev–Trinajstić information content (AvgIpc) is 2.81. The van der Waals surface area contributed by atoms with Crippen molar-refractivity contribution in [2.75, 3.05) is 12.3 Å². The number of rotatable bonds is 8. The van der Waals surface area contributed by atoms with Gasteiger partial charge in [-0.25, -0.2) is 0 Å². The van der Waals surface area contributed by atoms with Gasteiger partial charge in [-0.3, -0.25) is 0 Å². The smallest absolute Gasteiger partial charge is 0.144 e. The third-order valence-electron chi connectivity index (χ3n) is 4.02. The van der Waals surface area contributed by atoms with E-state index in [2.05, 4.69) is 29.2 Å². The van der Waals surface area contributed by atoms with Crippen LogP contribution in [0.2, 0.25) is 0 Å². The Labute approximate surface area is 121 Å².